The van der Waals surface area contributed by atoms with Crippen LogP contribution in [0.15, 0.2) is 48.5 Å². The topological polar surface area (TPSA) is 15.7 Å². The molecule has 1 aliphatic heterocycles. The van der Waals surface area contributed by atoms with Gasteiger partial charge in [0.05, 0.1) is 0 Å². The quantitative estimate of drug-likeness (QED) is 0.510. The van der Waals surface area contributed by atoms with E-state index in [0.29, 0.717) is 0 Å². The van der Waals surface area contributed by atoms with Crippen molar-refractivity contribution in [2.75, 3.05) is 40.3 Å². The molecule has 0 amide bonds. The zero-order chi connectivity index (χ0) is 21.2. The Morgan fingerprint density at radius 3 is 2.37 bits per heavy atom. The lowest BCUT2D eigenvalue weighted by Crippen LogP contribution is -2.30. The molecule has 0 aliphatic carbocycles. The number of rotatable bonds is 8. The van der Waals surface area contributed by atoms with Gasteiger partial charge >= 0.3 is 0 Å². The van der Waals surface area contributed by atoms with Gasteiger partial charge in [0.2, 0.25) is 0 Å². The summed E-state index contributed by atoms with van der Waals surface area (Å²) in [5.74, 6) is 7.49. The molecule has 1 atom stereocenters. The maximum atomic E-state index is 6.28. The normalized spacial score (nSPS) is 15.5. The molecule has 1 heterocycles. The summed E-state index contributed by atoms with van der Waals surface area (Å²) in [5.41, 5.74) is 2.24. The summed E-state index contributed by atoms with van der Waals surface area (Å²) < 4.78 is 6.28. The first-order valence-corrected chi connectivity index (χ1v) is 11.4. The molecule has 4 heteroatoms. The fourth-order valence-electron chi connectivity index (χ4n) is 3.69. The minimum Gasteiger partial charge on any atom is -0.486 e. The van der Waals surface area contributed by atoms with E-state index < -0.39 is 0 Å². The highest BCUT2D eigenvalue weighted by Crippen LogP contribution is 2.26. The number of piperidine rings is 1. The molecule has 30 heavy (non-hydrogen) atoms. The average molecular weight is 425 g/mol. The van der Waals surface area contributed by atoms with Crippen LogP contribution in [0.25, 0.3) is 0 Å². The van der Waals surface area contributed by atoms with Crippen LogP contribution in [0, 0.1) is 11.8 Å². The zero-order valence-electron chi connectivity index (χ0n) is 18.2. The number of hydrogen-bond donors (Lipinski definition) is 0. The highest BCUT2D eigenvalue weighted by molar-refractivity contribution is 6.30. The first-order valence-electron chi connectivity index (χ1n) is 11.0. The van der Waals surface area contributed by atoms with Gasteiger partial charge in [0, 0.05) is 36.5 Å². The van der Waals surface area contributed by atoms with Crippen molar-refractivity contribution in [1.29, 1.82) is 0 Å². The first-order chi connectivity index (χ1) is 14.6. The van der Waals surface area contributed by atoms with E-state index >= 15 is 0 Å². The summed E-state index contributed by atoms with van der Waals surface area (Å²) in [5, 5.41) is 0.718. The van der Waals surface area contributed by atoms with Crippen LogP contribution in [0.3, 0.4) is 0 Å². The van der Waals surface area contributed by atoms with Crippen molar-refractivity contribution in [1.82, 2.24) is 9.80 Å². The molecule has 0 spiro atoms. The second kappa shape index (κ2) is 12.0. The molecule has 0 bridgehead atoms. The van der Waals surface area contributed by atoms with Crippen LogP contribution in [-0.2, 0) is 0 Å². The molecule has 1 unspecified atom stereocenters. The molecule has 0 radical (unpaired) electrons. The smallest absolute Gasteiger partial charge is 0.125 e. The van der Waals surface area contributed by atoms with Crippen molar-refractivity contribution in [2.45, 2.75) is 38.2 Å². The summed E-state index contributed by atoms with van der Waals surface area (Å²) in [6, 6.07) is 16.1. The van der Waals surface area contributed by atoms with E-state index in [2.05, 4.69) is 60.0 Å². The van der Waals surface area contributed by atoms with E-state index in [4.69, 9.17) is 16.3 Å². The predicted octanol–water partition coefficient (Wildman–Crippen LogP) is 5.64. The van der Waals surface area contributed by atoms with Crippen LogP contribution >= 0.6 is 11.6 Å². The second-order valence-corrected chi connectivity index (χ2v) is 8.66. The third kappa shape index (κ3) is 7.69. The summed E-state index contributed by atoms with van der Waals surface area (Å²) in [7, 11) is 4.17. The highest BCUT2D eigenvalue weighted by atomic mass is 35.5. The summed E-state index contributed by atoms with van der Waals surface area (Å²) in [4.78, 5) is 4.71. The Hall–Kier alpha value is -1.99. The Kier molecular flexibility index (Phi) is 9.08. The van der Waals surface area contributed by atoms with Crippen LogP contribution in [0.1, 0.15) is 49.3 Å². The lowest BCUT2D eigenvalue weighted by atomic mass is 10.0. The third-order valence-electron chi connectivity index (χ3n) is 5.45. The fourth-order valence-corrected chi connectivity index (χ4v) is 3.82. The average Bonchev–Trinajstić information content (AvgIpc) is 2.77. The van der Waals surface area contributed by atoms with Gasteiger partial charge in [0.1, 0.15) is 11.9 Å². The SMILES string of the molecule is CN(C)CCC(Oc1ccc(Cl)cc1)c1ccc(C#CCCN2CCCCC2)cc1. The maximum Gasteiger partial charge on any atom is 0.125 e. The lowest BCUT2D eigenvalue weighted by Gasteiger charge is -2.25. The molecule has 0 saturated carbocycles. The number of ether oxygens (including phenoxy) is 1. The predicted molar refractivity (Wildman–Crippen MR) is 126 cm³/mol. The van der Waals surface area contributed by atoms with E-state index in [-0.39, 0.29) is 6.10 Å². The molecule has 160 valence electrons. The zero-order valence-corrected chi connectivity index (χ0v) is 19.0. The molecular weight excluding hydrogens is 392 g/mol. The molecule has 1 fully saturated rings. The number of nitrogens with zero attached hydrogens (tertiary/aromatic N) is 2. The Labute approximate surface area is 187 Å². The van der Waals surface area contributed by atoms with Crippen LogP contribution < -0.4 is 4.74 Å². The van der Waals surface area contributed by atoms with Crippen LogP contribution in [-0.4, -0.2) is 50.1 Å². The minimum absolute atomic E-state index is 0.00492. The van der Waals surface area contributed by atoms with Gasteiger partial charge in [-0.15, -0.1) is 0 Å². The van der Waals surface area contributed by atoms with E-state index in [1.165, 1.54) is 37.9 Å². The second-order valence-electron chi connectivity index (χ2n) is 8.23. The van der Waals surface area contributed by atoms with Gasteiger partial charge in [0.25, 0.3) is 0 Å². The van der Waals surface area contributed by atoms with Gasteiger partial charge in [0.15, 0.2) is 0 Å². The number of hydrogen-bond acceptors (Lipinski definition) is 3. The molecule has 1 aliphatic rings. The monoisotopic (exact) mass is 424 g/mol. The first kappa shape index (κ1) is 22.7. The summed E-state index contributed by atoms with van der Waals surface area (Å²) in [6.07, 6.45) is 5.90. The lowest BCUT2D eigenvalue weighted by molar-refractivity contribution is 0.179. The van der Waals surface area contributed by atoms with E-state index in [1.54, 1.807) is 0 Å². The summed E-state index contributed by atoms with van der Waals surface area (Å²) in [6.45, 7) is 4.51. The fraction of sp³-hybridized carbons (Fsp3) is 0.462. The van der Waals surface area contributed by atoms with Crippen molar-refractivity contribution in [3.63, 3.8) is 0 Å². The molecule has 3 nitrogen and oxygen atoms in total. The Morgan fingerprint density at radius 1 is 1.00 bits per heavy atom. The molecular formula is C26H33ClN2O. The number of likely N-dealkylation sites (tertiary alicyclic amines) is 1. The van der Waals surface area contributed by atoms with Gasteiger partial charge in [-0.1, -0.05) is 42.0 Å². The van der Waals surface area contributed by atoms with Crippen LogP contribution in [0.2, 0.25) is 5.02 Å². The highest BCUT2D eigenvalue weighted by Gasteiger charge is 2.14. The van der Waals surface area contributed by atoms with Gasteiger partial charge < -0.3 is 14.5 Å². The summed E-state index contributed by atoms with van der Waals surface area (Å²) >= 11 is 6.00. The van der Waals surface area contributed by atoms with Crippen molar-refractivity contribution < 1.29 is 4.74 Å². The largest absolute Gasteiger partial charge is 0.486 e. The Morgan fingerprint density at radius 2 is 1.70 bits per heavy atom. The molecule has 2 aromatic rings. The maximum absolute atomic E-state index is 6.28. The van der Waals surface area contributed by atoms with E-state index in [1.807, 2.05) is 24.3 Å². The minimum atomic E-state index is -0.00492. The molecule has 3 rings (SSSR count). The molecule has 1 saturated heterocycles. The van der Waals surface area contributed by atoms with Gasteiger partial charge in [-0.3, -0.25) is 0 Å². The van der Waals surface area contributed by atoms with E-state index in [9.17, 15) is 0 Å². The Balaban J connectivity index is 1.59. The molecule has 0 N–H and O–H groups in total. The molecule has 2 aromatic carbocycles. The van der Waals surface area contributed by atoms with Crippen molar-refractivity contribution in [3.05, 3.63) is 64.7 Å². The van der Waals surface area contributed by atoms with E-state index in [0.717, 1.165) is 42.3 Å². The molecule has 0 aromatic heterocycles. The van der Waals surface area contributed by atoms with Gasteiger partial charge in [-0.05, 0) is 82.0 Å². The Bertz CT molecular complexity index is 815. The number of benzene rings is 2. The number of halogens is 1. The van der Waals surface area contributed by atoms with Crippen molar-refractivity contribution in [3.8, 4) is 17.6 Å². The third-order valence-corrected chi connectivity index (χ3v) is 5.70. The van der Waals surface area contributed by atoms with Gasteiger partial charge in [-0.25, -0.2) is 0 Å². The van der Waals surface area contributed by atoms with Crippen LogP contribution in [0.4, 0.5) is 0 Å². The van der Waals surface area contributed by atoms with Crippen LogP contribution in [0.5, 0.6) is 5.75 Å². The van der Waals surface area contributed by atoms with Crippen molar-refractivity contribution >= 4 is 11.6 Å². The van der Waals surface area contributed by atoms with Gasteiger partial charge in [-0.2, -0.15) is 0 Å². The van der Waals surface area contributed by atoms with Crippen molar-refractivity contribution in [2.24, 2.45) is 0 Å². The standard InChI is InChI=1S/C26H33ClN2O/c1-28(2)21-17-26(30-25-15-13-24(27)14-16-25)23-11-9-22(10-12-23)8-4-7-20-29-18-5-3-6-19-29/h9-16,26H,3,5-7,17-21H2,1-2H3.